The third kappa shape index (κ3) is 3.48. The molecule has 0 fully saturated rings. The van der Waals surface area contributed by atoms with Gasteiger partial charge < -0.3 is 9.90 Å². The summed E-state index contributed by atoms with van der Waals surface area (Å²) in [6.07, 6.45) is 1.67. The van der Waals surface area contributed by atoms with Crippen LogP contribution in [0.2, 0.25) is 5.02 Å². The number of aliphatic hydroxyl groups is 1. The van der Waals surface area contributed by atoms with Crippen molar-refractivity contribution in [3.8, 4) is 0 Å². The number of hydrogen-bond donors (Lipinski definition) is 1. The number of benzene rings is 1. The van der Waals surface area contributed by atoms with Crippen molar-refractivity contribution in [1.82, 2.24) is 0 Å². The van der Waals surface area contributed by atoms with Gasteiger partial charge in [0.05, 0.1) is 0 Å². The van der Waals surface area contributed by atoms with Gasteiger partial charge in [-0.25, -0.2) is 0 Å². The number of aldehydes is 1. The highest BCUT2D eigenvalue weighted by atomic mass is 35.5. The fourth-order valence-corrected chi connectivity index (χ4v) is 1.23. The van der Waals surface area contributed by atoms with Gasteiger partial charge in [0, 0.05) is 5.02 Å². The summed E-state index contributed by atoms with van der Waals surface area (Å²) in [6.45, 7) is 1.51. The molecule has 0 aliphatic carbocycles. The van der Waals surface area contributed by atoms with E-state index < -0.39 is 5.60 Å². The van der Waals surface area contributed by atoms with Crippen LogP contribution in [-0.4, -0.2) is 17.0 Å². The monoisotopic (exact) mass is 212 g/mol. The van der Waals surface area contributed by atoms with Gasteiger partial charge in [-0.15, -0.1) is 0 Å². The summed E-state index contributed by atoms with van der Waals surface area (Å²) < 4.78 is 0. The summed E-state index contributed by atoms with van der Waals surface area (Å²) in [5.41, 5.74) is -0.156. The van der Waals surface area contributed by atoms with Crippen LogP contribution in [-0.2, 0) is 11.2 Å². The zero-order valence-electron chi connectivity index (χ0n) is 8.03. The molecular weight excluding hydrogens is 200 g/mol. The second kappa shape index (κ2) is 4.58. The smallest absolute Gasteiger partial charge is 0.151 e. The Labute approximate surface area is 88.5 Å². The van der Waals surface area contributed by atoms with E-state index in [1.807, 2.05) is 12.1 Å². The highest BCUT2D eigenvalue weighted by Gasteiger charge is 2.18. The maximum atomic E-state index is 10.4. The van der Waals surface area contributed by atoms with Crippen molar-refractivity contribution in [1.29, 1.82) is 0 Å². The molecule has 1 aromatic carbocycles. The van der Waals surface area contributed by atoms with E-state index in [0.717, 1.165) is 5.56 Å². The van der Waals surface area contributed by atoms with Crippen molar-refractivity contribution >= 4 is 17.9 Å². The van der Waals surface area contributed by atoms with Crippen molar-refractivity contribution in [2.75, 3.05) is 0 Å². The molecular formula is C11H13ClO2. The second-order valence-corrected chi connectivity index (χ2v) is 4.04. The first-order valence-electron chi connectivity index (χ1n) is 4.47. The Morgan fingerprint density at radius 1 is 1.43 bits per heavy atom. The van der Waals surface area contributed by atoms with Crippen LogP contribution in [0.4, 0.5) is 0 Å². The molecule has 1 aromatic rings. The lowest BCUT2D eigenvalue weighted by Gasteiger charge is -2.14. The third-order valence-corrected chi connectivity index (χ3v) is 2.34. The zero-order valence-corrected chi connectivity index (χ0v) is 8.79. The number of halogens is 1. The van der Waals surface area contributed by atoms with Gasteiger partial charge in [0.2, 0.25) is 0 Å². The quantitative estimate of drug-likeness (QED) is 0.778. The topological polar surface area (TPSA) is 37.3 Å². The first-order valence-corrected chi connectivity index (χ1v) is 4.84. The largest absolute Gasteiger partial charge is 0.383 e. The van der Waals surface area contributed by atoms with E-state index in [4.69, 9.17) is 11.6 Å². The van der Waals surface area contributed by atoms with Gasteiger partial charge in [0.15, 0.2) is 6.29 Å². The molecule has 2 nitrogen and oxygen atoms in total. The summed E-state index contributed by atoms with van der Waals surface area (Å²) in [6, 6.07) is 7.38. The highest BCUT2D eigenvalue weighted by molar-refractivity contribution is 6.30. The lowest BCUT2D eigenvalue weighted by atomic mass is 9.98. The normalized spacial score (nSPS) is 14.8. The number of aryl methyl sites for hydroxylation is 1. The minimum Gasteiger partial charge on any atom is -0.383 e. The summed E-state index contributed by atoms with van der Waals surface area (Å²) in [4.78, 5) is 10.4. The fourth-order valence-electron chi connectivity index (χ4n) is 1.11. The first kappa shape index (κ1) is 11.2. The Morgan fingerprint density at radius 2 is 2.00 bits per heavy atom. The Hall–Kier alpha value is -0.860. The Bertz CT molecular complexity index is 304. The van der Waals surface area contributed by atoms with Crippen molar-refractivity contribution in [2.45, 2.75) is 25.4 Å². The Balaban J connectivity index is 2.54. The number of rotatable bonds is 4. The maximum Gasteiger partial charge on any atom is 0.151 e. The number of carbonyl (C=O) groups is 1. The number of carbonyl (C=O) groups excluding carboxylic acids is 1. The van der Waals surface area contributed by atoms with Gasteiger partial charge in [-0.2, -0.15) is 0 Å². The maximum absolute atomic E-state index is 10.4. The van der Waals surface area contributed by atoms with E-state index >= 15 is 0 Å². The molecule has 1 atom stereocenters. The molecule has 14 heavy (non-hydrogen) atoms. The SMILES string of the molecule is CC(O)(C=O)CCc1ccc(Cl)cc1. The van der Waals surface area contributed by atoms with Crippen molar-refractivity contribution in [3.63, 3.8) is 0 Å². The van der Waals surface area contributed by atoms with E-state index in [9.17, 15) is 9.90 Å². The van der Waals surface area contributed by atoms with Crippen LogP contribution in [0.1, 0.15) is 18.9 Å². The van der Waals surface area contributed by atoms with Crippen LogP contribution in [0.25, 0.3) is 0 Å². The average Bonchev–Trinajstić information content (AvgIpc) is 2.17. The first-order chi connectivity index (χ1) is 6.53. The van der Waals surface area contributed by atoms with Crippen LogP contribution >= 0.6 is 11.6 Å². The van der Waals surface area contributed by atoms with Gasteiger partial charge >= 0.3 is 0 Å². The molecule has 0 radical (unpaired) electrons. The van der Waals surface area contributed by atoms with Gasteiger partial charge in [-0.05, 0) is 37.5 Å². The molecule has 0 amide bonds. The molecule has 0 saturated carbocycles. The van der Waals surface area contributed by atoms with Crippen molar-refractivity contribution in [3.05, 3.63) is 34.9 Å². The van der Waals surface area contributed by atoms with Gasteiger partial charge in [-0.3, -0.25) is 0 Å². The summed E-state index contributed by atoms with van der Waals surface area (Å²) in [5.74, 6) is 0. The zero-order chi connectivity index (χ0) is 10.6. The molecule has 76 valence electrons. The molecule has 1 unspecified atom stereocenters. The molecule has 0 saturated heterocycles. The molecule has 0 bridgehead atoms. The molecule has 0 aliphatic rings. The van der Waals surface area contributed by atoms with E-state index in [-0.39, 0.29) is 0 Å². The molecule has 3 heteroatoms. The van der Waals surface area contributed by atoms with Gasteiger partial charge in [-0.1, -0.05) is 23.7 Å². The highest BCUT2D eigenvalue weighted by Crippen LogP contribution is 2.14. The summed E-state index contributed by atoms with van der Waals surface area (Å²) in [7, 11) is 0. The Kier molecular flexibility index (Phi) is 3.67. The van der Waals surface area contributed by atoms with Gasteiger partial charge in [0.1, 0.15) is 5.60 Å². The molecule has 1 rings (SSSR count). The van der Waals surface area contributed by atoms with Crippen LogP contribution in [0.15, 0.2) is 24.3 Å². The van der Waals surface area contributed by atoms with Crippen molar-refractivity contribution in [2.24, 2.45) is 0 Å². The standard InChI is InChI=1S/C11H13ClO2/c1-11(14,8-13)7-6-9-2-4-10(12)5-3-9/h2-5,8,14H,6-7H2,1H3. The van der Waals surface area contributed by atoms with Gasteiger partial charge in [0.25, 0.3) is 0 Å². The third-order valence-electron chi connectivity index (χ3n) is 2.09. The second-order valence-electron chi connectivity index (χ2n) is 3.60. The molecule has 0 aliphatic heterocycles. The van der Waals surface area contributed by atoms with E-state index in [1.54, 1.807) is 12.1 Å². The van der Waals surface area contributed by atoms with Crippen LogP contribution in [0, 0.1) is 0 Å². The number of hydrogen-bond acceptors (Lipinski definition) is 2. The van der Waals surface area contributed by atoms with E-state index in [0.29, 0.717) is 24.2 Å². The minimum atomic E-state index is -1.22. The average molecular weight is 213 g/mol. The molecule has 0 aromatic heterocycles. The van der Waals surface area contributed by atoms with Crippen LogP contribution in [0.3, 0.4) is 0 Å². The molecule has 1 N–H and O–H groups in total. The Morgan fingerprint density at radius 3 is 2.50 bits per heavy atom. The molecule has 0 heterocycles. The van der Waals surface area contributed by atoms with Crippen molar-refractivity contribution < 1.29 is 9.90 Å². The van der Waals surface area contributed by atoms with Crippen LogP contribution < -0.4 is 0 Å². The van der Waals surface area contributed by atoms with E-state index in [2.05, 4.69) is 0 Å². The summed E-state index contributed by atoms with van der Waals surface area (Å²) >= 11 is 5.72. The minimum absolute atomic E-state index is 0.429. The van der Waals surface area contributed by atoms with Crippen LogP contribution in [0.5, 0.6) is 0 Å². The lowest BCUT2D eigenvalue weighted by Crippen LogP contribution is -2.26. The predicted molar refractivity (Wildman–Crippen MR) is 56.5 cm³/mol. The summed E-state index contributed by atoms with van der Waals surface area (Å²) in [5, 5.41) is 10.1. The van der Waals surface area contributed by atoms with E-state index in [1.165, 1.54) is 6.92 Å². The molecule has 0 spiro atoms. The predicted octanol–water partition coefficient (Wildman–Crippen LogP) is 2.22. The fraction of sp³-hybridized carbons (Fsp3) is 0.364. The lowest BCUT2D eigenvalue weighted by molar-refractivity contribution is -0.122.